The lowest BCUT2D eigenvalue weighted by Crippen LogP contribution is -2.54. The summed E-state index contributed by atoms with van der Waals surface area (Å²) in [6.07, 6.45) is 10.1. The van der Waals surface area contributed by atoms with E-state index in [0.29, 0.717) is 17.8 Å². The van der Waals surface area contributed by atoms with E-state index in [1.54, 1.807) is 0 Å². The summed E-state index contributed by atoms with van der Waals surface area (Å²) in [4.78, 5) is 0. The molecule has 0 aromatic carbocycles. The minimum absolute atomic E-state index is 0.479. The summed E-state index contributed by atoms with van der Waals surface area (Å²) in [5, 5.41) is 0. The number of rotatable bonds is 0. The van der Waals surface area contributed by atoms with Crippen molar-refractivity contribution in [3.8, 4) is 0 Å². The Morgan fingerprint density at radius 3 is 2.58 bits per heavy atom. The highest BCUT2D eigenvalue weighted by atomic mass is 15.0. The average Bonchev–Trinajstić information content (AvgIpc) is 2.61. The van der Waals surface area contributed by atoms with Crippen molar-refractivity contribution in [2.24, 2.45) is 35.1 Å². The van der Waals surface area contributed by atoms with Gasteiger partial charge in [-0.25, -0.2) is 0 Å². The monoisotopic (exact) mass is 162 g/mol. The Bertz CT molecular complexity index is 278. The van der Waals surface area contributed by atoms with Crippen LogP contribution in [-0.4, -0.2) is 5.66 Å². The molecule has 0 aromatic heterocycles. The van der Waals surface area contributed by atoms with E-state index in [2.05, 4.69) is 18.2 Å². The van der Waals surface area contributed by atoms with Gasteiger partial charge in [-0.05, 0) is 24.2 Å². The van der Waals surface area contributed by atoms with Crippen LogP contribution in [0.2, 0.25) is 0 Å². The van der Waals surface area contributed by atoms with Crippen LogP contribution in [0.25, 0.3) is 0 Å². The predicted molar refractivity (Wildman–Crippen MR) is 48.0 cm³/mol. The van der Waals surface area contributed by atoms with Gasteiger partial charge in [0.05, 0.1) is 5.66 Å². The molecular weight excluding hydrogens is 148 g/mol. The summed E-state index contributed by atoms with van der Waals surface area (Å²) in [7, 11) is 0. The quantitative estimate of drug-likeness (QED) is 0.405. The molecule has 4 N–H and O–H groups in total. The van der Waals surface area contributed by atoms with Gasteiger partial charge in [0.1, 0.15) is 0 Å². The Labute approximate surface area is 72.3 Å². The molecular formula is C10H14N2. The van der Waals surface area contributed by atoms with Gasteiger partial charge in [0, 0.05) is 5.92 Å². The minimum Gasteiger partial charge on any atom is -0.310 e. The van der Waals surface area contributed by atoms with E-state index in [1.807, 2.05) is 6.08 Å². The van der Waals surface area contributed by atoms with Crippen molar-refractivity contribution in [2.75, 3.05) is 0 Å². The first-order chi connectivity index (χ1) is 5.68. The minimum atomic E-state index is -0.533. The van der Waals surface area contributed by atoms with E-state index < -0.39 is 5.66 Å². The maximum atomic E-state index is 6.01. The first-order valence-corrected chi connectivity index (χ1v) is 4.64. The second kappa shape index (κ2) is 1.83. The second-order valence-electron chi connectivity index (χ2n) is 4.41. The van der Waals surface area contributed by atoms with Gasteiger partial charge in [-0.2, -0.15) is 0 Å². The van der Waals surface area contributed by atoms with Crippen LogP contribution >= 0.6 is 0 Å². The fraction of sp³-hybridized carbons (Fsp3) is 0.600. The summed E-state index contributed by atoms with van der Waals surface area (Å²) in [6.45, 7) is 0. The summed E-state index contributed by atoms with van der Waals surface area (Å²) in [6, 6.07) is 0. The van der Waals surface area contributed by atoms with E-state index in [9.17, 15) is 0 Å². The van der Waals surface area contributed by atoms with Gasteiger partial charge in [-0.15, -0.1) is 0 Å². The van der Waals surface area contributed by atoms with Gasteiger partial charge in [0.15, 0.2) is 0 Å². The van der Waals surface area contributed by atoms with Gasteiger partial charge >= 0.3 is 0 Å². The van der Waals surface area contributed by atoms with Gasteiger partial charge in [0.2, 0.25) is 0 Å². The largest absolute Gasteiger partial charge is 0.310 e. The smallest absolute Gasteiger partial charge is 0.0869 e. The van der Waals surface area contributed by atoms with E-state index in [1.165, 1.54) is 6.42 Å². The third kappa shape index (κ3) is 0.632. The van der Waals surface area contributed by atoms with Crippen LogP contribution in [0.3, 0.4) is 0 Å². The number of allylic oxidation sites excluding steroid dienone is 3. The summed E-state index contributed by atoms with van der Waals surface area (Å²) >= 11 is 0. The lowest BCUT2D eigenvalue weighted by Gasteiger charge is -2.31. The van der Waals surface area contributed by atoms with Gasteiger partial charge in [-0.3, -0.25) is 0 Å². The molecule has 0 heterocycles. The van der Waals surface area contributed by atoms with Gasteiger partial charge in [0.25, 0.3) is 0 Å². The van der Waals surface area contributed by atoms with Crippen molar-refractivity contribution >= 4 is 0 Å². The van der Waals surface area contributed by atoms with Crippen molar-refractivity contribution in [1.29, 1.82) is 0 Å². The lowest BCUT2D eigenvalue weighted by molar-refractivity contribution is 0.273. The van der Waals surface area contributed by atoms with Gasteiger partial charge in [-0.1, -0.05) is 24.3 Å². The normalized spacial score (nSPS) is 51.8. The van der Waals surface area contributed by atoms with Crippen molar-refractivity contribution in [1.82, 2.24) is 0 Å². The maximum absolute atomic E-state index is 6.01. The van der Waals surface area contributed by atoms with Crippen LogP contribution in [-0.2, 0) is 0 Å². The molecule has 12 heavy (non-hydrogen) atoms. The first kappa shape index (κ1) is 6.87. The molecule has 0 aliphatic heterocycles. The molecule has 0 amide bonds. The Balaban J connectivity index is 2.04. The maximum Gasteiger partial charge on any atom is 0.0869 e. The first-order valence-electron chi connectivity index (χ1n) is 4.64. The molecule has 1 fully saturated rings. The van der Waals surface area contributed by atoms with Crippen LogP contribution in [0.1, 0.15) is 6.42 Å². The number of hydrogen-bond acceptors (Lipinski definition) is 2. The lowest BCUT2D eigenvalue weighted by atomic mass is 9.81. The fourth-order valence-electron chi connectivity index (χ4n) is 3.22. The van der Waals surface area contributed by atoms with Crippen LogP contribution in [0.5, 0.6) is 0 Å². The highest BCUT2D eigenvalue weighted by Gasteiger charge is 2.52. The average molecular weight is 162 g/mol. The van der Waals surface area contributed by atoms with Crippen LogP contribution < -0.4 is 11.5 Å². The number of fused-ring (bicyclic) bond motifs is 5. The molecule has 4 unspecified atom stereocenters. The molecule has 1 saturated carbocycles. The molecule has 64 valence electrons. The Hall–Kier alpha value is -0.600. The van der Waals surface area contributed by atoms with Crippen LogP contribution in [0, 0.1) is 23.7 Å². The Morgan fingerprint density at radius 1 is 1.08 bits per heavy atom. The van der Waals surface area contributed by atoms with Gasteiger partial charge < -0.3 is 11.5 Å². The molecule has 2 nitrogen and oxygen atoms in total. The third-order valence-electron chi connectivity index (χ3n) is 3.70. The molecule has 0 aromatic rings. The van der Waals surface area contributed by atoms with E-state index in [-0.39, 0.29) is 0 Å². The van der Waals surface area contributed by atoms with E-state index in [0.717, 1.165) is 5.92 Å². The molecule has 2 heteroatoms. The van der Waals surface area contributed by atoms with Crippen molar-refractivity contribution < 1.29 is 0 Å². The molecule has 0 spiro atoms. The Kier molecular flexibility index (Phi) is 1.05. The zero-order chi connectivity index (χ0) is 8.34. The highest BCUT2D eigenvalue weighted by Crippen LogP contribution is 2.54. The third-order valence-corrected chi connectivity index (χ3v) is 3.70. The standard InChI is InChI=1S/C10H14N2/c11-10(12)4-3-8-6-1-2-7(5-6)9(8)10/h1-4,6-9H,5,11-12H2. The van der Waals surface area contributed by atoms with E-state index in [4.69, 9.17) is 11.5 Å². The fourth-order valence-corrected chi connectivity index (χ4v) is 3.22. The predicted octanol–water partition coefficient (Wildman–Crippen LogP) is 0.608. The van der Waals surface area contributed by atoms with Crippen LogP contribution in [0.4, 0.5) is 0 Å². The van der Waals surface area contributed by atoms with Crippen LogP contribution in [0.15, 0.2) is 24.3 Å². The molecule has 4 atom stereocenters. The van der Waals surface area contributed by atoms with Crippen molar-refractivity contribution in [2.45, 2.75) is 12.1 Å². The highest BCUT2D eigenvalue weighted by molar-refractivity contribution is 5.29. The van der Waals surface area contributed by atoms with E-state index >= 15 is 0 Å². The zero-order valence-electron chi connectivity index (χ0n) is 6.98. The Morgan fingerprint density at radius 2 is 1.83 bits per heavy atom. The molecule has 0 radical (unpaired) electrons. The second-order valence-corrected chi connectivity index (χ2v) is 4.41. The summed E-state index contributed by atoms with van der Waals surface area (Å²) in [5.41, 5.74) is 11.5. The summed E-state index contributed by atoms with van der Waals surface area (Å²) in [5.74, 6) is 2.48. The number of nitrogens with two attached hydrogens (primary N) is 2. The molecule has 3 aliphatic rings. The molecule has 3 rings (SSSR count). The molecule has 0 saturated heterocycles. The summed E-state index contributed by atoms with van der Waals surface area (Å²) < 4.78 is 0. The van der Waals surface area contributed by atoms with Crippen molar-refractivity contribution in [3.63, 3.8) is 0 Å². The molecule has 3 aliphatic carbocycles. The van der Waals surface area contributed by atoms with Crippen molar-refractivity contribution in [3.05, 3.63) is 24.3 Å². The number of hydrogen-bond donors (Lipinski definition) is 2. The molecule has 2 bridgehead atoms. The SMILES string of the molecule is NC1(N)C=CC2C3C=CC(C3)C21. The topological polar surface area (TPSA) is 52.0 Å². The zero-order valence-corrected chi connectivity index (χ0v) is 6.98.